The van der Waals surface area contributed by atoms with E-state index < -0.39 is 0 Å². The summed E-state index contributed by atoms with van der Waals surface area (Å²) < 4.78 is 1.12. The fourth-order valence-corrected chi connectivity index (χ4v) is 2.83. The summed E-state index contributed by atoms with van der Waals surface area (Å²) in [4.78, 5) is 4.28. The molecule has 90 valence electrons. The number of hydrogen-bond donors (Lipinski definition) is 2. The van der Waals surface area contributed by atoms with Crippen molar-refractivity contribution in [3.05, 3.63) is 50.9 Å². The van der Waals surface area contributed by atoms with Crippen molar-refractivity contribution in [2.75, 3.05) is 0 Å². The molecule has 17 heavy (non-hydrogen) atoms. The van der Waals surface area contributed by atoms with Crippen molar-refractivity contribution in [2.24, 2.45) is 5.84 Å². The maximum absolute atomic E-state index is 5.60. The number of nitrogens with zero attached hydrogens (tertiary/aromatic N) is 1. The molecule has 0 aliphatic carbocycles. The number of halogens is 1. The lowest BCUT2D eigenvalue weighted by atomic mass is 10.0. The number of thiazole rings is 1. The molecule has 0 saturated carbocycles. The summed E-state index contributed by atoms with van der Waals surface area (Å²) in [6.07, 6.45) is 3.57. The van der Waals surface area contributed by atoms with Crippen LogP contribution in [-0.2, 0) is 12.8 Å². The summed E-state index contributed by atoms with van der Waals surface area (Å²) in [6, 6.07) is 8.42. The lowest BCUT2D eigenvalue weighted by Gasteiger charge is -2.15. The van der Waals surface area contributed by atoms with Crippen LogP contribution < -0.4 is 11.3 Å². The molecule has 5 heteroatoms. The number of hydrogen-bond acceptors (Lipinski definition) is 4. The van der Waals surface area contributed by atoms with Gasteiger partial charge in [0, 0.05) is 28.5 Å². The minimum Gasteiger partial charge on any atom is -0.271 e. The average molecular weight is 312 g/mol. The van der Waals surface area contributed by atoms with Crippen LogP contribution in [0, 0.1) is 0 Å². The van der Waals surface area contributed by atoms with Crippen LogP contribution in [0.5, 0.6) is 0 Å². The van der Waals surface area contributed by atoms with Gasteiger partial charge in [0.2, 0.25) is 0 Å². The molecule has 0 aliphatic rings. The van der Waals surface area contributed by atoms with Crippen LogP contribution in [0.1, 0.15) is 10.6 Å². The number of nitrogens with two attached hydrogens (primary N) is 1. The molecule has 0 aliphatic heterocycles. The maximum Gasteiger partial charge on any atom is 0.0940 e. The number of aromatic nitrogens is 1. The van der Waals surface area contributed by atoms with Gasteiger partial charge in [0.25, 0.3) is 0 Å². The van der Waals surface area contributed by atoms with E-state index in [0.717, 1.165) is 22.3 Å². The zero-order valence-corrected chi connectivity index (χ0v) is 11.7. The van der Waals surface area contributed by atoms with Gasteiger partial charge in [-0.1, -0.05) is 34.1 Å². The SMILES string of the molecule is NNC(Cc1nccs1)Cc1ccccc1Br. The van der Waals surface area contributed by atoms with Gasteiger partial charge in [-0.05, 0) is 18.1 Å². The van der Waals surface area contributed by atoms with Gasteiger partial charge in [0.1, 0.15) is 0 Å². The summed E-state index contributed by atoms with van der Waals surface area (Å²) >= 11 is 5.21. The predicted octanol–water partition coefficient (Wildman–Crippen LogP) is 2.52. The molecule has 1 heterocycles. The quantitative estimate of drug-likeness (QED) is 0.659. The van der Waals surface area contributed by atoms with Crippen molar-refractivity contribution in [3.63, 3.8) is 0 Å². The molecular weight excluding hydrogens is 298 g/mol. The molecule has 2 rings (SSSR count). The lowest BCUT2D eigenvalue weighted by Crippen LogP contribution is -2.38. The normalized spacial score (nSPS) is 12.6. The first-order valence-electron chi connectivity index (χ1n) is 5.37. The largest absolute Gasteiger partial charge is 0.271 e. The Morgan fingerprint density at radius 3 is 2.82 bits per heavy atom. The number of benzene rings is 1. The standard InChI is InChI=1S/C12H14BrN3S/c13-11-4-2-1-3-9(11)7-10(16-14)8-12-15-5-6-17-12/h1-6,10,16H,7-8,14H2. The van der Waals surface area contributed by atoms with Crippen LogP contribution in [-0.4, -0.2) is 11.0 Å². The van der Waals surface area contributed by atoms with E-state index in [4.69, 9.17) is 5.84 Å². The highest BCUT2D eigenvalue weighted by molar-refractivity contribution is 9.10. The monoisotopic (exact) mass is 311 g/mol. The Morgan fingerprint density at radius 2 is 2.18 bits per heavy atom. The van der Waals surface area contributed by atoms with Crippen LogP contribution in [0.2, 0.25) is 0 Å². The predicted molar refractivity (Wildman–Crippen MR) is 74.8 cm³/mol. The number of rotatable bonds is 5. The zero-order valence-electron chi connectivity index (χ0n) is 9.27. The highest BCUT2D eigenvalue weighted by Crippen LogP contribution is 2.18. The molecule has 1 atom stereocenters. The molecular formula is C12H14BrN3S. The van der Waals surface area contributed by atoms with Crippen LogP contribution in [0.3, 0.4) is 0 Å². The lowest BCUT2D eigenvalue weighted by molar-refractivity contribution is 0.521. The molecule has 1 aromatic heterocycles. The molecule has 3 nitrogen and oxygen atoms in total. The summed E-state index contributed by atoms with van der Waals surface area (Å²) in [5, 5.41) is 3.10. The van der Waals surface area contributed by atoms with Crippen molar-refractivity contribution in [2.45, 2.75) is 18.9 Å². The van der Waals surface area contributed by atoms with Gasteiger partial charge in [-0.2, -0.15) is 0 Å². The van der Waals surface area contributed by atoms with Crippen LogP contribution >= 0.6 is 27.3 Å². The third-order valence-corrected chi connectivity index (χ3v) is 4.14. The van der Waals surface area contributed by atoms with Gasteiger partial charge >= 0.3 is 0 Å². The molecule has 0 spiro atoms. The van der Waals surface area contributed by atoms with Gasteiger partial charge in [0.15, 0.2) is 0 Å². The first-order chi connectivity index (χ1) is 8.29. The summed E-state index contributed by atoms with van der Waals surface area (Å²) in [6.45, 7) is 0. The van der Waals surface area contributed by atoms with E-state index >= 15 is 0 Å². The minimum absolute atomic E-state index is 0.208. The van der Waals surface area contributed by atoms with E-state index in [0.29, 0.717) is 0 Å². The van der Waals surface area contributed by atoms with Crippen LogP contribution in [0.4, 0.5) is 0 Å². The molecule has 0 saturated heterocycles. The fraction of sp³-hybridized carbons (Fsp3) is 0.250. The van der Waals surface area contributed by atoms with Gasteiger partial charge in [-0.3, -0.25) is 11.3 Å². The van der Waals surface area contributed by atoms with Crippen molar-refractivity contribution in [1.29, 1.82) is 0 Å². The van der Waals surface area contributed by atoms with Crippen molar-refractivity contribution < 1.29 is 0 Å². The molecule has 1 unspecified atom stereocenters. The van der Waals surface area contributed by atoms with E-state index in [1.54, 1.807) is 11.3 Å². The molecule has 0 amide bonds. The van der Waals surface area contributed by atoms with Crippen LogP contribution in [0.25, 0.3) is 0 Å². The zero-order chi connectivity index (χ0) is 12.1. The second-order valence-electron chi connectivity index (χ2n) is 3.79. The van der Waals surface area contributed by atoms with Gasteiger partial charge in [-0.15, -0.1) is 11.3 Å². The van der Waals surface area contributed by atoms with Gasteiger partial charge in [0.05, 0.1) is 5.01 Å². The Balaban J connectivity index is 2.03. The average Bonchev–Trinajstić information content (AvgIpc) is 2.84. The summed E-state index contributed by atoms with van der Waals surface area (Å²) in [7, 11) is 0. The molecule has 2 aromatic rings. The Kier molecular flexibility index (Phi) is 4.67. The Morgan fingerprint density at radius 1 is 1.35 bits per heavy atom. The van der Waals surface area contributed by atoms with E-state index in [-0.39, 0.29) is 6.04 Å². The molecule has 1 aromatic carbocycles. The summed E-state index contributed by atoms with van der Waals surface area (Å²) in [5.41, 5.74) is 4.12. The number of nitrogens with one attached hydrogen (secondary N) is 1. The Hall–Kier alpha value is -0.750. The molecule has 0 fully saturated rings. The van der Waals surface area contributed by atoms with Crippen molar-refractivity contribution in [1.82, 2.24) is 10.4 Å². The maximum atomic E-state index is 5.60. The smallest absolute Gasteiger partial charge is 0.0940 e. The van der Waals surface area contributed by atoms with Crippen LogP contribution in [0.15, 0.2) is 40.3 Å². The highest BCUT2D eigenvalue weighted by atomic mass is 79.9. The Bertz CT molecular complexity index is 459. The van der Waals surface area contributed by atoms with Gasteiger partial charge < -0.3 is 0 Å². The second-order valence-corrected chi connectivity index (χ2v) is 5.62. The number of hydrazine groups is 1. The first-order valence-corrected chi connectivity index (χ1v) is 7.04. The second kappa shape index (κ2) is 6.26. The first kappa shape index (κ1) is 12.7. The van der Waals surface area contributed by atoms with E-state index in [2.05, 4.69) is 32.4 Å². The molecule has 0 bridgehead atoms. The topological polar surface area (TPSA) is 50.9 Å². The van der Waals surface area contributed by atoms with E-state index in [1.807, 2.05) is 29.8 Å². The third-order valence-electron chi connectivity index (χ3n) is 2.56. The van der Waals surface area contributed by atoms with E-state index in [1.165, 1.54) is 5.56 Å². The van der Waals surface area contributed by atoms with Crippen molar-refractivity contribution in [3.8, 4) is 0 Å². The molecule has 3 N–H and O–H groups in total. The fourth-order valence-electron chi connectivity index (χ4n) is 1.68. The third kappa shape index (κ3) is 3.61. The highest BCUT2D eigenvalue weighted by Gasteiger charge is 2.11. The Labute approximate surface area is 113 Å². The van der Waals surface area contributed by atoms with Gasteiger partial charge in [-0.25, -0.2) is 4.98 Å². The minimum atomic E-state index is 0.208. The van der Waals surface area contributed by atoms with E-state index in [9.17, 15) is 0 Å². The van der Waals surface area contributed by atoms with Crippen molar-refractivity contribution >= 4 is 27.3 Å². The molecule has 0 radical (unpaired) electrons. The summed E-state index contributed by atoms with van der Waals surface area (Å²) in [5.74, 6) is 5.60.